The Labute approximate surface area is 127 Å². The van der Waals surface area contributed by atoms with E-state index in [0.29, 0.717) is 17.1 Å². The molecule has 0 radical (unpaired) electrons. The maximum Gasteiger partial charge on any atom is 0.354 e. The standard InChI is InChI=1S/C16H15NO5/c1-20-14-8-4-3-7-12(14)15(18)17-13(16(19)21-2)10-11-6-5-9-22-11/h3-10H,1-2H3,(H,17,18)/b13-10+. The first-order chi connectivity index (χ1) is 10.7. The fourth-order valence-electron chi connectivity index (χ4n) is 1.79. The fourth-order valence-corrected chi connectivity index (χ4v) is 1.79. The summed E-state index contributed by atoms with van der Waals surface area (Å²) in [5.41, 5.74) is 0.271. The highest BCUT2D eigenvalue weighted by Crippen LogP contribution is 2.17. The molecule has 0 aliphatic heterocycles. The van der Waals surface area contributed by atoms with Crippen molar-refractivity contribution in [3.63, 3.8) is 0 Å². The summed E-state index contributed by atoms with van der Waals surface area (Å²) in [6, 6.07) is 10.0. The molecule has 1 heterocycles. The van der Waals surface area contributed by atoms with E-state index in [1.807, 2.05) is 0 Å². The number of furan rings is 1. The van der Waals surface area contributed by atoms with Crippen molar-refractivity contribution < 1.29 is 23.5 Å². The summed E-state index contributed by atoms with van der Waals surface area (Å²) in [7, 11) is 2.69. The summed E-state index contributed by atoms with van der Waals surface area (Å²) in [4.78, 5) is 24.1. The number of ether oxygens (including phenoxy) is 2. The molecule has 1 aromatic heterocycles. The zero-order chi connectivity index (χ0) is 15.9. The van der Waals surface area contributed by atoms with Gasteiger partial charge in [0.25, 0.3) is 5.91 Å². The second kappa shape index (κ2) is 7.12. The number of carbonyl (C=O) groups is 2. The maximum atomic E-state index is 12.3. The third-order valence-electron chi connectivity index (χ3n) is 2.83. The largest absolute Gasteiger partial charge is 0.496 e. The van der Waals surface area contributed by atoms with Crippen LogP contribution in [0.3, 0.4) is 0 Å². The summed E-state index contributed by atoms with van der Waals surface area (Å²) in [6.07, 6.45) is 2.85. The molecule has 0 fully saturated rings. The molecule has 0 saturated carbocycles. The Morgan fingerprint density at radius 1 is 1.14 bits per heavy atom. The Morgan fingerprint density at radius 3 is 2.55 bits per heavy atom. The summed E-state index contributed by atoms with van der Waals surface area (Å²) in [6.45, 7) is 0. The van der Waals surface area contributed by atoms with Crippen molar-refractivity contribution in [3.8, 4) is 5.75 Å². The van der Waals surface area contributed by atoms with Gasteiger partial charge in [0, 0.05) is 6.08 Å². The lowest BCUT2D eigenvalue weighted by Crippen LogP contribution is -2.28. The quantitative estimate of drug-likeness (QED) is 0.677. The van der Waals surface area contributed by atoms with E-state index >= 15 is 0 Å². The van der Waals surface area contributed by atoms with Gasteiger partial charge in [-0.05, 0) is 24.3 Å². The van der Waals surface area contributed by atoms with Crippen molar-refractivity contribution in [2.45, 2.75) is 0 Å². The lowest BCUT2D eigenvalue weighted by atomic mass is 10.2. The van der Waals surface area contributed by atoms with Crippen molar-refractivity contribution in [3.05, 3.63) is 59.7 Å². The van der Waals surface area contributed by atoms with Crippen LogP contribution in [0.2, 0.25) is 0 Å². The topological polar surface area (TPSA) is 77.8 Å². The third kappa shape index (κ3) is 3.54. The van der Waals surface area contributed by atoms with Crippen LogP contribution >= 0.6 is 0 Å². The normalized spacial score (nSPS) is 10.9. The molecule has 1 amide bonds. The Kier molecular flexibility index (Phi) is 4.98. The summed E-state index contributed by atoms with van der Waals surface area (Å²) < 4.78 is 14.9. The van der Waals surface area contributed by atoms with E-state index in [1.54, 1.807) is 36.4 Å². The Balaban J connectivity index is 2.27. The van der Waals surface area contributed by atoms with Crippen molar-refractivity contribution in [1.29, 1.82) is 0 Å². The average molecular weight is 301 g/mol. The molecular formula is C16H15NO5. The molecule has 2 aromatic rings. The Morgan fingerprint density at radius 2 is 1.91 bits per heavy atom. The molecule has 0 aliphatic rings. The number of esters is 1. The second-order valence-electron chi connectivity index (χ2n) is 4.22. The molecule has 114 valence electrons. The first-order valence-electron chi connectivity index (χ1n) is 6.43. The molecular weight excluding hydrogens is 286 g/mol. The predicted molar refractivity (Wildman–Crippen MR) is 79.2 cm³/mol. The van der Waals surface area contributed by atoms with Gasteiger partial charge in [-0.2, -0.15) is 0 Å². The van der Waals surface area contributed by atoms with Crippen LogP contribution in [0.1, 0.15) is 16.1 Å². The number of carbonyl (C=O) groups excluding carboxylic acids is 2. The molecule has 1 aromatic carbocycles. The van der Waals surface area contributed by atoms with Gasteiger partial charge >= 0.3 is 5.97 Å². The van der Waals surface area contributed by atoms with Crippen molar-refractivity contribution >= 4 is 18.0 Å². The molecule has 22 heavy (non-hydrogen) atoms. The molecule has 0 unspecified atom stereocenters. The Hall–Kier alpha value is -3.02. The van der Waals surface area contributed by atoms with Crippen LogP contribution in [0, 0.1) is 0 Å². The lowest BCUT2D eigenvalue weighted by molar-refractivity contribution is -0.136. The van der Waals surface area contributed by atoms with Crippen LogP contribution in [0.15, 0.2) is 52.8 Å². The maximum absolute atomic E-state index is 12.3. The number of nitrogens with one attached hydrogen (secondary N) is 1. The zero-order valence-electron chi connectivity index (χ0n) is 12.2. The van der Waals surface area contributed by atoms with Gasteiger partial charge in [0.2, 0.25) is 0 Å². The first-order valence-corrected chi connectivity index (χ1v) is 6.43. The predicted octanol–water partition coefficient (Wildman–Crippen LogP) is 2.23. The van der Waals surface area contributed by atoms with Crippen molar-refractivity contribution in [2.24, 2.45) is 0 Å². The lowest BCUT2D eigenvalue weighted by Gasteiger charge is -2.10. The van der Waals surface area contributed by atoms with Gasteiger partial charge in [0.1, 0.15) is 17.2 Å². The molecule has 0 aliphatic carbocycles. The highest BCUT2D eigenvalue weighted by atomic mass is 16.5. The monoisotopic (exact) mass is 301 g/mol. The van der Waals surface area contributed by atoms with Crippen molar-refractivity contribution in [2.75, 3.05) is 14.2 Å². The van der Waals surface area contributed by atoms with Crippen LogP contribution in [-0.4, -0.2) is 26.1 Å². The van der Waals surface area contributed by atoms with Crippen molar-refractivity contribution in [1.82, 2.24) is 5.32 Å². The summed E-state index contributed by atoms with van der Waals surface area (Å²) in [5, 5.41) is 2.50. The number of methoxy groups -OCH3 is 2. The first kappa shape index (κ1) is 15.4. The highest BCUT2D eigenvalue weighted by molar-refractivity contribution is 6.04. The molecule has 6 nitrogen and oxygen atoms in total. The molecule has 0 saturated heterocycles. The Bertz CT molecular complexity index is 688. The van der Waals surface area contributed by atoms with E-state index in [9.17, 15) is 9.59 Å². The number of para-hydroxylation sites is 1. The fraction of sp³-hybridized carbons (Fsp3) is 0.125. The van der Waals surface area contributed by atoms with E-state index in [2.05, 4.69) is 10.1 Å². The van der Waals surface area contributed by atoms with E-state index in [-0.39, 0.29) is 5.70 Å². The zero-order valence-corrected chi connectivity index (χ0v) is 12.2. The number of hydrogen-bond donors (Lipinski definition) is 1. The molecule has 1 N–H and O–H groups in total. The van der Waals surface area contributed by atoms with E-state index in [4.69, 9.17) is 9.15 Å². The number of amides is 1. The van der Waals surface area contributed by atoms with Gasteiger partial charge in [-0.1, -0.05) is 12.1 Å². The number of hydrogen-bond acceptors (Lipinski definition) is 5. The third-order valence-corrected chi connectivity index (χ3v) is 2.83. The summed E-state index contributed by atoms with van der Waals surface area (Å²) >= 11 is 0. The molecule has 0 bridgehead atoms. The van der Waals surface area contributed by atoms with Gasteiger partial charge < -0.3 is 19.2 Å². The van der Waals surface area contributed by atoms with Gasteiger partial charge in [-0.15, -0.1) is 0 Å². The van der Waals surface area contributed by atoms with Crippen LogP contribution in [0.5, 0.6) is 5.75 Å². The van der Waals surface area contributed by atoms with Crippen LogP contribution in [-0.2, 0) is 9.53 Å². The van der Waals surface area contributed by atoms with Crippen LogP contribution < -0.4 is 10.1 Å². The summed E-state index contributed by atoms with van der Waals surface area (Å²) in [5.74, 6) is -0.344. The molecule has 2 rings (SSSR count). The minimum absolute atomic E-state index is 0.0339. The smallest absolute Gasteiger partial charge is 0.354 e. The van der Waals surface area contributed by atoms with Gasteiger partial charge in [0.05, 0.1) is 26.0 Å². The van der Waals surface area contributed by atoms with Crippen LogP contribution in [0.25, 0.3) is 6.08 Å². The van der Waals surface area contributed by atoms with Crippen LogP contribution in [0.4, 0.5) is 0 Å². The van der Waals surface area contributed by atoms with Gasteiger partial charge in [-0.25, -0.2) is 4.79 Å². The van der Waals surface area contributed by atoms with Gasteiger partial charge in [0.15, 0.2) is 0 Å². The average Bonchev–Trinajstić information content (AvgIpc) is 3.06. The minimum Gasteiger partial charge on any atom is -0.496 e. The highest BCUT2D eigenvalue weighted by Gasteiger charge is 2.18. The second-order valence-corrected chi connectivity index (χ2v) is 4.22. The van der Waals surface area contributed by atoms with E-state index < -0.39 is 11.9 Å². The van der Waals surface area contributed by atoms with E-state index in [0.717, 1.165) is 0 Å². The van der Waals surface area contributed by atoms with E-state index in [1.165, 1.54) is 26.6 Å². The molecule has 0 spiro atoms. The molecule has 6 heteroatoms. The minimum atomic E-state index is -0.681. The number of benzene rings is 1. The van der Waals surface area contributed by atoms with Gasteiger partial charge in [-0.3, -0.25) is 4.79 Å². The SMILES string of the molecule is COC(=O)/C(=C\c1ccco1)NC(=O)c1ccccc1OC. The molecule has 0 atom stereocenters. The number of rotatable bonds is 5.